The Kier molecular flexibility index (Phi) is 6.41. The molecular formula is C25H33N3O3S. The normalized spacial score (nSPS) is 20.6. The van der Waals surface area contributed by atoms with E-state index in [0.717, 1.165) is 47.2 Å². The van der Waals surface area contributed by atoms with Gasteiger partial charge >= 0.3 is 0 Å². The van der Waals surface area contributed by atoms with Crippen LogP contribution in [0.5, 0.6) is 0 Å². The Morgan fingerprint density at radius 3 is 2.25 bits per heavy atom. The lowest BCUT2D eigenvalue weighted by atomic mass is 9.95. The lowest BCUT2D eigenvalue weighted by molar-refractivity contribution is -0.137. The second kappa shape index (κ2) is 8.94. The van der Waals surface area contributed by atoms with Crippen LogP contribution in [0.2, 0.25) is 0 Å². The van der Waals surface area contributed by atoms with Crippen molar-refractivity contribution in [1.29, 1.82) is 0 Å². The topological polar surface area (TPSA) is 70.6 Å². The number of sulfonamides is 1. The summed E-state index contributed by atoms with van der Waals surface area (Å²) in [4.78, 5) is 20.0. The van der Waals surface area contributed by atoms with Gasteiger partial charge in [0.15, 0.2) is 0 Å². The second-order valence-electron chi connectivity index (χ2n) is 9.24. The number of hydrogen-bond acceptors (Lipinski definition) is 4. The van der Waals surface area contributed by atoms with Gasteiger partial charge in [-0.05, 0) is 87.3 Å². The van der Waals surface area contributed by atoms with Crippen LogP contribution in [-0.4, -0.2) is 48.1 Å². The van der Waals surface area contributed by atoms with Crippen molar-refractivity contribution in [2.75, 3.05) is 19.6 Å². The Hall–Kier alpha value is -2.25. The minimum Gasteiger partial charge on any atom is -0.335 e. The van der Waals surface area contributed by atoms with Crippen molar-refractivity contribution < 1.29 is 13.2 Å². The quantitative estimate of drug-likeness (QED) is 0.697. The largest absolute Gasteiger partial charge is 0.335 e. The SMILES string of the molecule is Cc1cc(C)c(C)c(S(=O)(=O)N2CCC(C(=O)N3CCC[C@H]3c3cccnc3)CC2)c1C. The Bertz CT molecular complexity index is 1080. The molecule has 1 amide bonds. The van der Waals surface area contributed by atoms with Gasteiger partial charge < -0.3 is 4.90 Å². The molecule has 0 N–H and O–H groups in total. The zero-order valence-electron chi connectivity index (χ0n) is 19.5. The maximum absolute atomic E-state index is 13.5. The lowest BCUT2D eigenvalue weighted by Crippen LogP contribution is -2.44. The number of hydrogen-bond donors (Lipinski definition) is 0. The molecule has 0 radical (unpaired) electrons. The summed E-state index contributed by atoms with van der Waals surface area (Å²) < 4.78 is 28.6. The summed E-state index contributed by atoms with van der Waals surface area (Å²) >= 11 is 0. The van der Waals surface area contributed by atoms with Crippen LogP contribution in [0.1, 0.15) is 59.5 Å². The van der Waals surface area contributed by atoms with E-state index in [0.29, 0.717) is 30.8 Å². The first-order valence-corrected chi connectivity index (χ1v) is 12.9. The van der Waals surface area contributed by atoms with Crippen LogP contribution in [0.4, 0.5) is 0 Å². The molecule has 0 saturated carbocycles. The second-order valence-corrected chi connectivity index (χ2v) is 11.1. The highest BCUT2D eigenvalue weighted by Gasteiger charge is 2.38. The first kappa shape index (κ1) is 22.9. The summed E-state index contributed by atoms with van der Waals surface area (Å²) in [7, 11) is -3.59. The molecule has 2 aliphatic heterocycles. The maximum Gasteiger partial charge on any atom is 0.243 e. The number of rotatable bonds is 4. The molecule has 0 unspecified atom stereocenters. The van der Waals surface area contributed by atoms with E-state index >= 15 is 0 Å². The van der Waals surface area contributed by atoms with Gasteiger partial charge in [-0.15, -0.1) is 0 Å². The third-order valence-electron chi connectivity index (χ3n) is 7.30. The zero-order valence-corrected chi connectivity index (χ0v) is 20.3. The van der Waals surface area contributed by atoms with Gasteiger partial charge in [-0.2, -0.15) is 4.31 Å². The van der Waals surface area contributed by atoms with E-state index in [9.17, 15) is 13.2 Å². The number of carbonyl (C=O) groups excluding carboxylic acids is 1. The fourth-order valence-electron chi connectivity index (χ4n) is 5.22. The molecule has 0 spiro atoms. The van der Waals surface area contributed by atoms with Crippen molar-refractivity contribution in [3.05, 3.63) is 58.4 Å². The van der Waals surface area contributed by atoms with Crippen molar-refractivity contribution in [3.63, 3.8) is 0 Å². The van der Waals surface area contributed by atoms with Crippen LogP contribution < -0.4 is 0 Å². The number of benzene rings is 1. The Labute approximate surface area is 191 Å². The molecule has 7 heteroatoms. The fraction of sp³-hybridized carbons (Fsp3) is 0.520. The monoisotopic (exact) mass is 455 g/mol. The lowest BCUT2D eigenvalue weighted by Gasteiger charge is -2.35. The Morgan fingerprint density at radius 1 is 1.00 bits per heavy atom. The van der Waals surface area contributed by atoms with Crippen LogP contribution in [0, 0.1) is 33.6 Å². The smallest absolute Gasteiger partial charge is 0.243 e. The van der Waals surface area contributed by atoms with Gasteiger partial charge in [0.05, 0.1) is 10.9 Å². The van der Waals surface area contributed by atoms with E-state index < -0.39 is 10.0 Å². The van der Waals surface area contributed by atoms with Crippen molar-refractivity contribution in [1.82, 2.24) is 14.2 Å². The summed E-state index contributed by atoms with van der Waals surface area (Å²) in [6.45, 7) is 9.22. The number of nitrogens with zero attached hydrogens (tertiary/aromatic N) is 3. The van der Waals surface area contributed by atoms with Crippen molar-refractivity contribution in [2.24, 2.45) is 5.92 Å². The molecule has 2 saturated heterocycles. The molecule has 4 rings (SSSR count). The van der Waals surface area contributed by atoms with Gasteiger partial charge in [0.25, 0.3) is 0 Å². The average molecular weight is 456 g/mol. The zero-order chi connectivity index (χ0) is 23.0. The highest BCUT2D eigenvalue weighted by Crippen LogP contribution is 2.36. The molecule has 0 bridgehead atoms. The summed E-state index contributed by atoms with van der Waals surface area (Å²) in [6, 6.07) is 6.07. The molecule has 172 valence electrons. The van der Waals surface area contributed by atoms with E-state index in [2.05, 4.69) is 4.98 Å². The van der Waals surface area contributed by atoms with Crippen LogP contribution in [0.15, 0.2) is 35.5 Å². The van der Waals surface area contributed by atoms with Crippen LogP contribution in [0.3, 0.4) is 0 Å². The van der Waals surface area contributed by atoms with Crippen molar-refractivity contribution in [3.8, 4) is 0 Å². The third kappa shape index (κ3) is 4.08. The molecule has 6 nitrogen and oxygen atoms in total. The molecule has 1 atom stereocenters. The molecular weight excluding hydrogens is 422 g/mol. The number of aromatic nitrogens is 1. The maximum atomic E-state index is 13.5. The number of pyridine rings is 1. The molecule has 2 aromatic rings. The van der Waals surface area contributed by atoms with Gasteiger partial charge in [-0.1, -0.05) is 12.1 Å². The van der Waals surface area contributed by atoms with E-state index in [1.165, 1.54) is 0 Å². The number of amides is 1. The highest BCUT2D eigenvalue weighted by molar-refractivity contribution is 7.89. The van der Waals surface area contributed by atoms with Crippen LogP contribution >= 0.6 is 0 Å². The molecule has 0 aliphatic carbocycles. The van der Waals surface area contributed by atoms with Gasteiger partial charge in [-0.25, -0.2) is 8.42 Å². The van der Waals surface area contributed by atoms with Gasteiger partial charge in [-0.3, -0.25) is 9.78 Å². The van der Waals surface area contributed by atoms with Gasteiger partial charge in [0.2, 0.25) is 15.9 Å². The predicted molar refractivity (Wildman–Crippen MR) is 125 cm³/mol. The van der Waals surface area contributed by atoms with E-state index in [1.807, 2.05) is 57.0 Å². The Balaban J connectivity index is 1.48. The third-order valence-corrected chi connectivity index (χ3v) is 9.48. The Morgan fingerprint density at radius 2 is 1.66 bits per heavy atom. The minimum absolute atomic E-state index is 0.0820. The predicted octanol–water partition coefficient (Wildman–Crippen LogP) is 4.08. The summed E-state index contributed by atoms with van der Waals surface area (Å²) in [6.07, 6.45) is 6.67. The number of likely N-dealkylation sites (tertiary alicyclic amines) is 1. The number of piperidine rings is 1. The standard InChI is InChI=1S/C25H33N3O3S/c1-17-15-18(2)20(4)24(19(17)3)32(30,31)27-13-9-21(10-14-27)25(29)28-12-6-8-23(28)22-7-5-11-26-16-22/h5,7,11,15-16,21,23H,6,8-10,12-14H2,1-4H3/t23-/m0/s1. The summed E-state index contributed by atoms with van der Waals surface area (Å²) in [5, 5.41) is 0. The summed E-state index contributed by atoms with van der Waals surface area (Å²) in [5.74, 6) is 0.0346. The first-order chi connectivity index (χ1) is 15.2. The van der Waals surface area contributed by atoms with Crippen LogP contribution in [-0.2, 0) is 14.8 Å². The minimum atomic E-state index is -3.59. The first-order valence-electron chi connectivity index (χ1n) is 11.5. The molecule has 32 heavy (non-hydrogen) atoms. The molecule has 2 aliphatic rings. The van der Waals surface area contributed by atoms with Crippen molar-refractivity contribution >= 4 is 15.9 Å². The molecule has 3 heterocycles. The van der Waals surface area contributed by atoms with Gasteiger partial charge in [0, 0.05) is 37.9 Å². The number of aryl methyl sites for hydroxylation is 2. The summed E-state index contributed by atoms with van der Waals surface area (Å²) in [5.41, 5.74) is 4.71. The van der Waals surface area contributed by atoms with E-state index in [-0.39, 0.29) is 17.9 Å². The molecule has 1 aromatic carbocycles. The van der Waals surface area contributed by atoms with E-state index in [1.54, 1.807) is 10.5 Å². The molecule has 2 fully saturated rings. The van der Waals surface area contributed by atoms with E-state index in [4.69, 9.17) is 0 Å². The molecule has 1 aromatic heterocycles. The number of carbonyl (C=O) groups is 1. The van der Waals surface area contributed by atoms with Crippen molar-refractivity contribution in [2.45, 2.75) is 64.3 Å². The van der Waals surface area contributed by atoms with Gasteiger partial charge in [0.1, 0.15) is 0 Å². The fourth-order valence-corrected chi connectivity index (χ4v) is 7.27. The average Bonchev–Trinajstić information content (AvgIpc) is 3.28. The van der Waals surface area contributed by atoms with Crippen LogP contribution in [0.25, 0.3) is 0 Å². The highest BCUT2D eigenvalue weighted by atomic mass is 32.2.